The summed E-state index contributed by atoms with van der Waals surface area (Å²) in [6.07, 6.45) is 0. The minimum atomic E-state index is 0.415. The molecule has 1 aliphatic heterocycles. The predicted octanol–water partition coefficient (Wildman–Crippen LogP) is 1.84. The SMILES string of the molecule is COc1cc(N=O)cc(N2CCN(C)CC2)c1. The van der Waals surface area contributed by atoms with Crippen LogP contribution in [0.2, 0.25) is 0 Å². The van der Waals surface area contributed by atoms with E-state index in [-0.39, 0.29) is 0 Å². The monoisotopic (exact) mass is 235 g/mol. The van der Waals surface area contributed by atoms with Crippen LogP contribution in [-0.2, 0) is 0 Å². The maximum Gasteiger partial charge on any atom is 0.123 e. The number of rotatable bonds is 3. The van der Waals surface area contributed by atoms with Gasteiger partial charge in [0.1, 0.15) is 11.4 Å². The standard InChI is InChI=1S/C12H17N3O2/c1-14-3-5-15(6-4-14)11-7-10(13-16)8-12(9-11)17-2/h7-9H,3-6H2,1-2H3. The van der Waals surface area contributed by atoms with Crippen LogP contribution in [0.15, 0.2) is 23.4 Å². The summed E-state index contributed by atoms with van der Waals surface area (Å²) >= 11 is 0. The minimum Gasteiger partial charge on any atom is -0.497 e. The quantitative estimate of drug-likeness (QED) is 0.750. The number of ether oxygens (including phenoxy) is 1. The molecule has 1 aromatic rings. The minimum absolute atomic E-state index is 0.415. The van der Waals surface area contributed by atoms with E-state index in [1.54, 1.807) is 19.2 Å². The van der Waals surface area contributed by atoms with Gasteiger partial charge in [0.05, 0.1) is 7.11 Å². The molecule has 1 aromatic carbocycles. The van der Waals surface area contributed by atoms with E-state index in [0.29, 0.717) is 11.4 Å². The van der Waals surface area contributed by atoms with Gasteiger partial charge in [0, 0.05) is 44.0 Å². The van der Waals surface area contributed by atoms with E-state index in [1.807, 2.05) is 6.07 Å². The van der Waals surface area contributed by atoms with Crippen molar-refractivity contribution in [2.24, 2.45) is 5.18 Å². The largest absolute Gasteiger partial charge is 0.497 e. The Kier molecular flexibility index (Phi) is 3.58. The van der Waals surface area contributed by atoms with E-state index in [1.165, 1.54) is 0 Å². The molecule has 0 atom stereocenters. The molecule has 0 unspecified atom stereocenters. The molecule has 17 heavy (non-hydrogen) atoms. The molecular formula is C12H17N3O2. The first-order valence-corrected chi connectivity index (χ1v) is 5.69. The molecule has 0 aromatic heterocycles. The molecule has 0 amide bonds. The van der Waals surface area contributed by atoms with Crippen LogP contribution in [0.4, 0.5) is 11.4 Å². The van der Waals surface area contributed by atoms with Gasteiger partial charge in [-0.25, -0.2) is 0 Å². The first kappa shape index (κ1) is 11.9. The third-order valence-electron chi connectivity index (χ3n) is 3.09. The Balaban J connectivity index is 2.22. The van der Waals surface area contributed by atoms with Crippen LogP contribution in [0.5, 0.6) is 5.75 Å². The van der Waals surface area contributed by atoms with Crippen LogP contribution in [0.25, 0.3) is 0 Å². The Labute approximate surface area is 101 Å². The van der Waals surface area contributed by atoms with Gasteiger partial charge in [-0.1, -0.05) is 0 Å². The Morgan fingerprint density at radius 1 is 1.18 bits per heavy atom. The van der Waals surface area contributed by atoms with Crippen LogP contribution in [0, 0.1) is 4.91 Å². The van der Waals surface area contributed by atoms with Gasteiger partial charge < -0.3 is 14.5 Å². The number of hydrogen-bond donors (Lipinski definition) is 0. The van der Waals surface area contributed by atoms with Crippen LogP contribution in [0.3, 0.4) is 0 Å². The smallest absolute Gasteiger partial charge is 0.123 e. The van der Waals surface area contributed by atoms with Gasteiger partial charge in [0.25, 0.3) is 0 Å². The summed E-state index contributed by atoms with van der Waals surface area (Å²) in [6, 6.07) is 5.40. The second-order valence-electron chi connectivity index (χ2n) is 4.27. The number of anilines is 1. The Hall–Kier alpha value is -1.62. The molecule has 0 radical (unpaired) electrons. The Morgan fingerprint density at radius 3 is 2.47 bits per heavy atom. The van der Waals surface area contributed by atoms with Crippen LogP contribution < -0.4 is 9.64 Å². The maximum atomic E-state index is 10.6. The fourth-order valence-corrected chi connectivity index (χ4v) is 1.99. The van der Waals surface area contributed by atoms with Gasteiger partial charge in [0.15, 0.2) is 0 Å². The fraction of sp³-hybridized carbons (Fsp3) is 0.500. The van der Waals surface area contributed by atoms with E-state index in [9.17, 15) is 4.91 Å². The maximum absolute atomic E-state index is 10.6. The van der Waals surface area contributed by atoms with Gasteiger partial charge in [-0.15, -0.1) is 4.91 Å². The van der Waals surface area contributed by atoms with Crippen molar-refractivity contribution in [2.45, 2.75) is 0 Å². The second-order valence-corrected chi connectivity index (χ2v) is 4.27. The number of nitroso groups, excluding NO2 is 1. The number of likely N-dealkylation sites (N-methyl/N-ethyl adjacent to an activating group) is 1. The third-order valence-corrected chi connectivity index (χ3v) is 3.09. The predicted molar refractivity (Wildman–Crippen MR) is 68.2 cm³/mol. The summed E-state index contributed by atoms with van der Waals surface area (Å²) in [5, 5.41) is 2.98. The third kappa shape index (κ3) is 2.74. The molecule has 5 heteroatoms. The normalized spacial score (nSPS) is 16.9. The van der Waals surface area contributed by atoms with E-state index < -0.39 is 0 Å². The lowest BCUT2D eigenvalue weighted by Gasteiger charge is -2.34. The molecule has 0 spiro atoms. The summed E-state index contributed by atoms with van der Waals surface area (Å²) in [4.78, 5) is 15.2. The number of benzene rings is 1. The molecule has 1 fully saturated rings. The van der Waals surface area contributed by atoms with Crippen LogP contribution in [-0.4, -0.2) is 45.2 Å². The molecule has 1 heterocycles. The lowest BCUT2D eigenvalue weighted by atomic mass is 10.2. The molecule has 0 saturated carbocycles. The summed E-state index contributed by atoms with van der Waals surface area (Å²) in [7, 11) is 3.71. The first-order chi connectivity index (χ1) is 8.22. The van der Waals surface area contributed by atoms with Gasteiger partial charge >= 0.3 is 0 Å². The number of nitrogens with zero attached hydrogens (tertiary/aromatic N) is 3. The topological polar surface area (TPSA) is 45.1 Å². The van der Waals surface area contributed by atoms with Crippen molar-refractivity contribution in [3.05, 3.63) is 23.1 Å². The molecule has 0 bridgehead atoms. The molecule has 92 valence electrons. The van der Waals surface area contributed by atoms with Gasteiger partial charge in [-0.05, 0) is 18.3 Å². The van der Waals surface area contributed by atoms with Gasteiger partial charge in [-0.2, -0.15) is 0 Å². The van der Waals surface area contributed by atoms with Gasteiger partial charge in [-0.3, -0.25) is 0 Å². The summed E-state index contributed by atoms with van der Waals surface area (Å²) in [5.74, 6) is 0.677. The molecule has 5 nitrogen and oxygen atoms in total. The van der Waals surface area contributed by atoms with Crippen molar-refractivity contribution >= 4 is 11.4 Å². The summed E-state index contributed by atoms with van der Waals surface area (Å²) in [5.41, 5.74) is 1.42. The lowest BCUT2D eigenvalue weighted by molar-refractivity contribution is 0.312. The molecule has 1 saturated heterocycles. The van der Waals surface area contributed by atoms with E-state index in [4.69, 9.17) is 4.74 Å². The fourth-order valence-electron chi connectivity index (χ4n) is 1.99. The zero-order chi connectivity index (χ0) is 12.3. The lowest BCUT2D eigenvalue weighted by Crippen LogP contribution is -2.44. The Bertz CT molecular complexity index is 401. The number of hydrogen-bond acceptors (Lipinski definition) is 5. The molecule has 0 N–H and O–H groups in total. The average Bonchev–Trinajstić information content (AvgIpc) is 2.39. The molecular weight excluding hydrogens is 218 g/mol. The zero-order valence-corrected chi connectivity index (χ0v) is 10.2. The summed E-state index contributed by atoms with van der Waals surface area (Å²) in [6.45, 7) is 3.98. The molecule has 0 aliphatic carbocycles. The van der Waals surface area contributed by atoms with Crippen molar-refractivity contribution in [3.8, 4) is 5.75 Å². The van der Waals surface area contributed by atoms with Crippen molar-refractivity contribution in [3.63, 3.8) is 0 Å². The molecule has 1 aliphatic rings. The highest BCUT2D eigenvalue weighted by atomic mass is 16.5. The van der Waals surface area contributed by atoms with E-state index in [2.05, 4.69) is 22.0 Å². The molecule has 2 rings (SSSR count). The van der Waals surface area contributed by atoms with Crippen LogP contribution >= 0.6 is 0 Å². The summed E-state index contributed by atoms with van der Waals surface area (Å²) < 4.78 is 5.17. The highest BCUT2D eigenvalue weighted by molar-refractivity contribution is 5.60. The Morgan fingerprint density at radius 2 is 1.88 bits per heavy atom. The van der Waals surface area contributed by atoms with Crippen molar-refractivity contribution < 1.29 is 4.74 Å². The van der Waals surface area contributed by atoms with E-state index in [0.717, 1.165) is 31.9 Å². The van der Waals surface area contributed by atoms with Crippen LogP contribution in [0.1, 0.15) is 0 Å². The first-order valence-electron chi connectivity index (χ1n) is 5.69. The van der Waals surface area contributed by atoms with Crippen molar-refractivity contribution in [2.75, 3.05) is 45.2 Å². The number of methoxy groups -OCH3 is 1. The zero-order valence-electron chi connectivity index (χ0n) is 10.2. The second kappa shape index (κ2) is 5.14. The van der Waals surface area contributed by atoms with Gasteiger partial charge in [0.2, 0.25) is 0 Å². The van der Waals surface area contributed by atoms with E-state index >= 15 is 0 Å². The highest BCUT2D eigenvalue weighted by Crippen LogP contribution is 2.29. The number of piperazine rings is 1. The van der Waals surface area contributed by atoms with Crippen molar-refractivity contribution in [1.29, 1.82) is 0 Å². The highest BCUT2D eigenvalue weighted by Gasteiger charge is 2.15. The van der Waals surface area contributed by atoms with Crippen molar-refractivity contribution in [1.82, 2.24) is 4.90 Å². The average molecular weight is 235 g/mol.